The van der Waals surface area contributed by atoms with Crippen LogP contribution in [-0.2, 0) is 0 Å². The van der Waals surface area contributed by atoms with E-state index in [9.17, 15) is 0 Å². The average molecular weight is 753 g/mol. The molecule has 56 heavy (non-hydrogen) atoms. The summed E-state index contributed by atoms with van der Waals surface area (Å²) in [5.41, 5.74) is 9.50. The molecule has 0 bridgehead atoms. The van der Waals surface area contributed by atoms with Crippen molar-refractivity contribution >= 4 is 119 Å². The molecule has 11 rings (SSSR count). The second-order valence-corrected chi connectivity index (χ2v) is 16.9. The van der Waals surface area contributed by atoms with Gasteiger partial charge in [0.1, 0.15) is 0 Å². The SMILES string of the molecule is Cc1ccccc1N(c1ccccc1)c1ccc2cc3c(cc2c1)sc1cc2c(cc13)sc1cc3cc(N(c4ccccc4)c4ccccc4C)ccc3cc12. The highest BCUT2D eigenvalue weighted by Gasteiger charge is 2.18. The van der Waals surface area contributed by atoms with Crippen molar-refractivity contribution in [2.75, 3.05) is 9.80 Å². The number of thiophene rings is 2. The zero-order valence-electron chi connectivity index (χ0n) is 31.0. The van der Waals surface area contributed by atoms with E-state index in [1.54, 1.807) is 0 Å². The third-order valence-electron chi connectivity index (χ3n) is 11.2. The molecule has 0 aliphatic heterocycles. The number of para-hydroxylation sites is 4. The summed E-state index contributed by atoms with van der Waals surface area (Å²) in [6.45, 7) is 4.37. The van der Waals surface area contributed by atoms with Gasteiger partial charge in [0.05, 0.1) is 0 Å². The Bertz CT molecular complexity index is 3060. The zero-order chi connectivity index (χ0) is 37.3. The Morgan fingerprint density at radius 2 is 0.679 bits per heavy atom. The maximum atomic E-state index is 2.44. The molecule has 266 valence electrons. The van der Waals surface area contributed by atoms with Crippen LogP contribution in [0, 0.1) is 13.8 Å². The predicted octanol–water partition coefficient (Wildman–Crippen LogP) is 16.3. The predicted molar refractivity (Wildman–Crippen MR) is 246 cm³/mol. The molecule has 0 N–H and O–H groups in total. The van der Waals surface area contributed by atoms with Crippen LogP contribution in [0.4, 0.5) is 34.1 Å². The third kappa shape index (κ3) is 5.44. The van der Waals surface area contributed by atoms with E-state index < -0.39 is 0 Å². The normalized spacial score (nSPS) is 11.8. The molecule has 0 fully saturated rings. The van der Waals surface area contributed by atoms with Gasteiger partial charge >= 0.3 is 0 Å². The van der Waals surface area contributed by atoms with Crippen molar-refractivity contribution in [1.29, 1.82) is 0 Å². The van der Waals surface area contributed by atoms with E-state index in [-0.39, 0.29) is 0 Å². The minimum atomic E-state index is 1.15. The lowest BCUT2D eigenvalue weighted by Crippen LogP contribution is -2.11. The average Bonchev–Trinajstić information content (AvgIpc) is 3.76. The van der Waals surface area contributed by atoms with Gasteiger partial charge in [-0.15, -0.1) is 22.7 Å². The maximum Gasteiger partial charge on any atom is 0.0490 e. The molecule has 0 saturated heterocycles. The molecule has 4 heteroatoms. The minimum Gasteiger partial charge on any atom is -0.310 e. The van der Waals surface area contributed by atoms with Crippen LogP contribution in [0.15, 0.2) is 182 Å². The molecular formula is C52H36N2S2. The second kappa shape index (κ2) is 13.1. The first kappa shape index (κ1) is 32.9. The van der Waals surface area contributed by atoms with Crippen molar-refractivity contribution in [1.82, 2.24) is 0 Å². The smallest absolute Gasteiger partial charge is 0.0490 e. The van der Waals surface area contributed by atoms with Gasteiger partial charge in [-0.2, -0.15) is 0 Å². The standard InChI is InChI=1S/C52H36N2S2/c1-33-13-9-11-19-47(33)53(39-15-5-3-6-16-39)41-23-21-35-27-43-45-31-52-46(32-51(45)55-49(43)29-37(35)25-41)44-28-36-22-24-42(26-38(36)30-50(44)56-52)54(40-17-7-4-8-18-40)48-20-12-10-14-34(48)2/h3-32H,1-2H3. The lowest BCUT2D eigenvalue weighted by atomic mass is 10.0. The summed E-state index contributed by atoms with van der Waals surface area (Å²) in [5, 5.41) is 10.4. The van der Waals surface area contributed by atoms with E-state index in [2.05, 4.69) is 206 Å². The monoisotopic (exact) mass is 752 g/mol. The van der Waals surface area contributed by atoms with Gasteiger partial charge in [0.2, 0.25) is 0 Å². The van der Waals surface area contributed by atoms with Gasteiger partial charge in [-0.1, -0.05) is 84.9 Å². The highest BCUT2D eigenvalue weighted by molar-refractivity contribution is 7.27. The first-order valence-electron chi connectivity index (χ1n) is 19.1. The van der Waals surface area contributed by atoms with Crippen LogP contribution in [0.25, 0.3) is 61.9 Å². The van der Waals surface area contributed by atoms with Crippen LogP contribution >= 0.6 is 22.7 Å². The summed E-state index contributed by atoms with van der Waals surface area (Å²) in [6, 6.07) is 66.9. The van der Waals surface area contributed by atoms with Gasteiger partial charge < -0.3 is 9.80 Å². The summed E-state index contributed by atoms with van der Waals surface area (Å²) >= 11 is 3.81. The highest BCUT2D eigenvalue weighted by Crippen LogP contribution is 2.46. The maximum absolute atomic E-state index is 2.44. The number of anilines is 6. The molecule has 0 aliphatic rings. The number of hydrogen-bond donors (Lipinski definition) is 0. The molecule has 0 atom stereocenters. The van der Waals surface area contributed by atoms with E-state index in [1.807, 2.05) is 22.7 Å². The molecular weight excluding hydrogens is 717 g/mol. The van der Waals surface area contributed by atoms with Gasteiger partial charge in [0.15, 0.2) is 0 Å². The quantitative estimate of drug-likeness (QED) is 0.167. The van der Waals surface area contributed by atoms with Crippen LogP contribution in [0.2, 0.25) is 0 Å². The van der Waals surface area contributed by atoms with Gasteiger partial charge in [0.25, 0.3) is 0 Å². The topological polar surface area (TPSA) is 6.48 Å². The van der Waals surface area contributed by atoms with Crippen molar-refractivity contribution in [2.45, 2.75) is 13.8 Å². The molecule has 0 aliphatic carbocycles. The van der Waals surface area contributed by atoms with E-state index in [1.165, 1.54) is 84.4 Å². The summed E-state index contributed by atoms with van der Waals surface area (Å²) < 4.78 is 5.31. The number of rotatable bonds is 6. The number of benzene rings is 9. The Kier molecular flexibility index (Phi) is 7.70. The molecule has 9 aromatic carbocycles. The number of nitrogens with zero attached hydrogens (tertiary/aromatic N) is 2. The number of aryl methyl sites for hydroxylation is 2. The van der Waals surface area contributed by atoms with Gasteiger partial charge in [0, 0.05) is 74.5 Å². The number of fused-ring (bicyclic) bond motifs is 8. The molecule has 0 amide bonds. The zero-order valence-corrected chi connectivity index (χ0v) is 32.7. The van der Waals surface area contributed by atoms with E-state index in [0.29, 0.717) is 0 Å². The summed E-state index contributed by atoms with van der Waals surface area (Å²) in [5.74, 6) is 0. The molecule has 2 nitrogen and oxygen atoms in total. The fraction of sp³-hybridized carbons (Fsp3) is 0.0385. The van der Waals surface area contributed by atoms with E-state index in [0.717, 1.165) is 22.7 Å². The summed E-state index contributed by atoms with van der Waals surface area (Å²) in [6.07, 6.45) is 0. The van der Waals surface area contributed by atoms with Crippen molar-refractivity contribution in [3.05, 3.63) is 193 Å². The largest absolute Gasteiger partial charge is 0.310 e. The van der Waals surface area contributed by atoms with Crippen molar-refractivity contribution in [3.63, 3.8) is 0 Å². The Morgan fingerprint density at radius 3 is 1.11 bits per heavy atom. The van der Waals surface area contributed by atoms with Crippen LogP contribution in [0.1, 0.15) is 11.1 Å². The lowest BCUT2D eigenvalue weighted by molar-refractivity contribution is 1.25. The molecule has 0 unspecified atom stereocenters. The van der Waals surface area contributed by atoms with E-state index in [4.69, 9.17) is 0 Å². The van der Waals surface area contributed by atoms with Crippen molar-refractivity contribution in [2.24, 2.45) is 0 Å². The second-order valence-electron chi connectivity index (χ2n) is 14.7. The fourth-order valence-corrected chi connectivity index (χ4v) is 10.7. The molecule has 0 radical (unpaired) electrons. The van der Waals surface area contributed by atoms with Gasteiger partial charge in [-0.25, -0.2) is 0 Å². The van der Waals surface area contributed by atoms with Crippen molar-refractivity contribution in [3.8, 4) is 0 Å². The Morgan fingerprint density at radius 1 is 0.304 bits per heavy atom. The van der Waals surface area contributed by atoms with Gasteiger partial charge in [-0.3, -0.25) is 0 Å². The lowest BCUT2D eigenvalue weighted by Gasteiger charge is -2.27. The third-order valence-corrected chi connectivity index (χ3v) is 13.4. The first-order valence-corrected chi connectivity index (χ1v) is 20.7. The molecule has 2 aromatic heterocycles. The molecule has 0 saturated carbocycles. The summed E-state index contributed by atoms with van der Waals surface area (Å²) in [7, 11) is 0. The Labute approximate surface area is 333 Å². The van der Waals surface area contributed by atoms with Crippen LogP contribution in [0.5, 0.6) is 0 Å². The highest BCUT2D eigenvalue weighted by atomic mass is 32.1. The van der Waals surface area contributed by atoms with Crippen LogP contribution < -0.4 is 9.80 Å². The van der Waals surface area contributed by atoms with Crippen LogP contribution in [0.3, 0.4) is 0 Å². The minimum absolute atomic E-state index is 1.15. The Hall–Kier alpha value is -6.46. The molecule has 0 spiro atoms. The fourth-order valence-electron chi connectivity index (χ4n) is 8.42. The van der Waals surface area contributed by atoms with Crippen molar-refractivity contribution < 1.29 is 0 Å². The van der Waals surface area contributed by atoms with Crippen LogP contribution in [-0.4, -0.2) is 0 Å². The summed E-state index contributed by atoms with van der Waals surface area (Å²) in [4.78, 5) is 4.74. The van der Waals surface area contributed by atoms with Gasteiger partial charge in [-0.05, 0) is 144 Å². The first-order chi connectivity index (χ1) is 27.6. The van der Waals surface area contributed by atoms with E-state index >= 15 is 0 Å². The Balaban J connectivity index is 1.01. The molecule has 2 heterocycles. The number of hydrogen-bond acceptors (Lipinski definition) is 4. The molecule has 11 aromatic rings.